The van der Waals surface area contributed by atoms with E-state index < -0.39 is 0 Å². The number of hydrogen-bond donors (Lipinski definition) is 0. The number of aliphatic imine (C=N–C) groups is 1. The molecule has 2 aliphatic rings. The molecule has 0 aromatic carbocycles. The fraction of sp³-hybridized carbons (Fsp3) is 0.909. The van der Waals surface area contributed by atoms with Crippen LogP contribution in [0, 0.1) is 0 Å². The highest BCUT2D eigenvalue weighted by Crippen LogP contribution is 2.41. The van der Waals surface area contributed by atoms with Crippen LogP contribution in [-0.4, -0.2) is 37.7 Å². The van der Waals surface area contributed by atoms with Gasteiger partial charge in [-0.05, 0) is 19.8 Å². The lowest BCUT2D eigenvalue weighted by Crippen LogP contribution is -2.35. The molecule has 0 aromatic heterocycles. The number of nitrogens with zero attached hydrogens (tertiary/aromatic N) is 2. The van der Waals surface area contributed by atoms with Crippen molar-refractivity contribution in [2.45, 2.75) is 56.9 Å². The standard InChI is InChI=1S/C11H19BN2/c1-8-13-9-7-11(2,12)6-4-5-10(9)14(8)3/h9-10H,4-7H2,1-3H3. The summed E-state index contributed by atoms with van der Waals surface area (Å²) < 4.78 is 0. The van der Waals surface area contributed by atoms with E-state index in [2.05, 4.69) is 25.8 Å². The zero-order chi connectivity index (χ0) is 10.3. The second-order valence-corrected chi connectivity index (χ2v) is 5.17. The minimum absolute atomic E-state index is 0.00558. The van der Waals surface area contributed by atoms with Gasteiger partial charge in [0.25, 0.3) is 0 Å². The first-order valence-corrected chi connectivity index (χ1v) is 5.56. The van der Waals surface area contributed by atoms with E-state index >= 15 is 0 Å². The van der Waals surface area contributed by atoms with E-state index in [0.29, 0.717) is 12.1 Å². The van der Waals surface area contributed by atoms with Crippen LogP contribution in [0.15, 0.2) is 4.99 Å². The Labute approximate surface area is 88.2 Å². The van der Waals surface area contributed by atoms with E-state index in [4.69, 9.17) is 12.8 Å². The van der Waals surface area contributed by atoms with Crippen LogP contribution in [0.2, 0.25) is 5.31 Å². The summed E-state index contributed by atoms with van der Waals surface area (Å²) in [5.41, 5.74) is 0. The molecule has 0 amide bonds. The van der Waals surface area contributed by atoms with Gasteiger partial charge in [0.05, 0.1) is 25.8 Å². The van der Waals surface area contributed by atoms with Crippen molar-refractivity contribution in [2.75, 3.05) is 7.05 Å². The van der Waals surface area contributed by atoms with Gasteiger partial charge in [-0.3, -0.25) is 4.99 Å². The van der Waals surface area contributed by atoms with Crippen LogP contribution >= 0.6 is 0 Å². The molecule has 0 spiro atoms. The Morgan fingerprint density at radius 1 is 1.57 bits per heavy atom. The highest BCUT2D eigenvalue weighted by molar-refractivity contribution is 6.14. The first kappa shape index (κ1) is 10.1. The Hall–Kier alpha value is -0.465. The molecule has 1 saturated carbocycles. The summed E-state index contributed by atoms with van der Waals surface area (Å²) in [6.45, 7) is 4.26. The minimum Gasteiger partial charge on any atom is -0.359 e. The minimum atomic E-state index is -0.00558. The molecule has 2 nitrogen and oxygen atoms in total. The second-order valence-electron chi connectivity index (χ2n) is 5.17. The normalized spacial score (nSPS) is 43.1. The Morgan fingerprint density at radius 2 is 2.29 bits per heavy atom. The van der Waals surface area contributed by atoms with Gasteiger partial charge in [0.1, 0.15) is 0 Å². The van der Waals surface area contributed by atoms with Crippen LogP contribution in [0.1, 0.15) is 39.5 Å². The van der Waals surface area contributed by atoms with Gasteiger partial charge in [-0.1, -0.05) is 25.1 Å². The maximum absolute atomic E-state index is 6.24. The Bertz CT molecular complexity index is 260. The average molecular weight is 190 g/mol. The van der Waals surface area contributed by atoms with Crippen LogP contribution in [-0.2, 0) is 0 Å². The SMILES string of the molecule is [B]C1(C)CCCC2C(C1)N=C(C)N2C. The Kier molecular flexibility index (Phi) is 2.36. The molecule has 3 unspecified atom stereocenters. The average Bonchev–Trinajstić information content (AvgIpc) is 2.28. The topological polar surface area (TPSA) is 15.6 Å². The van der Waals surface area contributed by atoms with Crippen LogP contribution in [0.5, 0.6) is 0 Å². The molecule has 2 rings (SSSR count). The number of likely N-dealkylation sites (N-methyl/N-ethyl adjacent to an activating group) is 1. The van der Waals surface area contributed by atoms with Crippen molar-refractivity contribution in [3.8, 4) is 0 Å². The number of fused-ring (bicyclic) bond motifs is 1. The van der Waals surface area contributed by atoms with Gasteiger partial charge in [-0.2, -0.15) is 0 Å². The third-order valence-corrected chi connectivity index (χ3v) is 3.73. The molecular weight excluding hydrogens is 171 g/mol. The number of hydrogen-bond acceptors (Lipinski definition) is 2. The fourth-order valence-electron chi connectivity index (χ4n) is 2.78. The molecule has 0 N–H and O–H groups in total. The fourth-order valence-corrected chi connectivity index (χ4v) is 2.78. The van der Waals surface area contributed by atoms with E-state index in [1.165, 1.54) is 18.7 Å². The van der Waals surface area contributed by atoms with Gasteiger partial charge in [0.2, 0.25) is 0 Å². The molecule has 1 aliphatic carbocycles. The van der Waals surface area contributed by atoms with E-state index in [1.807, 2.05) is 0 Å². The lowest BCUT2D eigenvalue weighted by Gasteiger charge is -2.27. The molecule has 14 heavy (non-hydrogen) atoms. The first-order chi connectivity index (χ1) is 6.49. The molecule has 3 atom stereocenters. The second kappa shape index (κ2) is 3.28. The van der Waals surface area contributed by atoms with Crippen LogP contribution in [0.3, 0.4) is 0 Å². The summed E-state index contributed by atoms with van der Waals surface area (Å²) in [7, 11) is 8.39. The molecule has 1 fully saturated rings. The highest BCUT2D eigenvalue weighted by Gasteiger charge is 2.37. The van der Waals surface area contributed by atoms with Crippen molar-refractivity contribution in [1.82, 2.24) is 4.90 Å². The van der Waals surface area contributed by atoms with Crippen molar-refractivity contribution >= 4 is 13.7 Å². The maximum atomic E-state index is 6.24. The molecular formula is C11H19BN2. The van der Waals surface area contributed by atoms with Crippen LogP contribution in [0.4, 0.5) is 0 Å². The van der Waals surface area contributed by atoms with E-state index in [9.17, 15) is 0 Å². The van der Waals surface area contributed by atoms with Crippen molar-refractivity contribution in [2.24, 2.45) is 4.99 Å². The van der Waals surface area contributed by atoms with Gasteiger partial charge < -0.3 is 4.90 Å². The van der Waals surface area contributed by atoms with Gasteiger partial charge in [0.15, 0.2) is 0 Å². The third kappa shape index (κ3) is 1.69. The summed E-state index contributed by atoms with van der Waals surface area (Å²) >= 11 is 0. The Balaban J connectivity index is 2.17. The van der Waals surface area contributed by atoms with Gasteiger partial charge >= 0.3 is 0 Å². The number of rotatable bonds is 0. The highest BCUT2D eigenvalue weighted by atomic mass is 15.3. The van der Waals surface area contributed by atoms with Gasteiger partial charge in [-0.25, -0.2) is 0 Å². The quantitative estimate of drug-likeness (QED) is 0.533. The zero-order valence-corrected chi connectivity index (χ0v) is 9.45. The molecule has 0 bridgehead atoms. The molecule has 3 heteroatoms. The van der Waals surface area contributed by atoms with Gasteiger partial charge in [0, 0.05) is 7.05 Å². The lowest BCUT2D eigenvalue weighted by molar-refractivity contribution is 0.329. The first-order valence-electron chi connectivity index (χ1n) is 5.56. The van der Waals surface area contributed by atoms with Crippen molar-refractivity contribution in [3.05, 3.63) is 0 Å². The van der Waals surface area contributed by atoms with E-state index in [0.717, 1.165) is 12.8 Å². The molecule has 0 saturated heterocycles. The van der Waals surface area contributed by atoms with E-state index in [1.54, 1.807) is 0 Å². The summed E-state index contributed by atoms with van der Waals surface area (Å²) in [4.78, 5) is 7.04. The van der Waals surface area contributed by atoms with Crippen molar-refractivity contribution < 1.29 is 0 Å². The zero-order valence-electron chi connectivity index (χ0n) is 9.45. The predicted molar refractivity (Wildman–Crippen MR) is 61.0 cm³/mol. The monoisotopic (exact) mass is 190 g/mol. The third-order valence-electron chi connectivity index (χ3n) is 3.73. The van der Waals surface area contributed by atoms with Gasteiger partial charge in [-0.15, -0.1) is 0 Å². The predicted octanol–water partition coefficient (Wildman–Crippen LogP) is 2.01. The Morgan fingerprint density at radius 3 is 3.00 bits per heavy atom. The van der Waals surface area contributed by atoms with Crippen molar-refractivity contribution in [1.29, 1.82) is 0 Å². The maximum Gasteiger partial charge on any atom is 0.0962 e. The molecule has 76 valence electrons. The summed E-state index contributed by atoms with van der Waals surface area (Å²) in [6, 6.07) is 1.05. The van der Waals surface area contributed by atoms with E-state index in [-0.39, 0.29) is 5.31 Å². The molecule has 1 aliphatic heterocycles. The smallest absolute Gasteiger partial charge is 0.0962 e. The molecule has 1 heterocycles. The van der Waals surface area contributed by atoms with Crippen molar-refractivity contribution in [3.63, 3.8) is 0 Å². The molecule has 2 radical (unpaired) electrons. The molecule has 0 aromatic rings. The lowest BCUT2D eigenvalue weighted by atomic mass is 9.65. The van der Waals surface area contributed by atoms with Crippen LogP contribution < -0.4 is 0 Å². The van der Waals surface area contributed by atoms with Crippen LogP contribution in [0.25, 0.3) is 0 Å². The summed E-state index contributed by atoms with van der Waals surface area (Å²) in [5, 5.41) is -0.00558. The number of amidine groups is 1. The summed E-state index contributed by atoms with van der Waals surface area (Å²) in [6.07, 6.45) is 4.66. The summed E-state index contributed by atoms with van der Waals surface area (Å²) in [5.74, 6) is 1.18. The largest absolute Gasteiger partial charge is 0.359 e.